The van der Waals surface area contributed by atoms with E-state index in [2.05, 4.69) is 58.9 Å². The normalized spacial score (nSPS) is 16.9. The van der Waals surface area contributed by atoms with Crippen LogP contribution in [0, 0.1) is 11.8 Å². The van der Waals surface area contributed by atoms with Crippen LogP contribution < -0.4 is 5.73 Å². The molecule has 1 nitrogen and oxygen atoms in total. The van der Waals surface area contributed by atoms with Crippen LogP contribution in [0.2, 0.25) is 0 Å². The standard InChI is InChI=1S/C16H27N/c1-6-12(4)14-7-9-15(10-8-14)16(17)13(5)11(2)3/h7-13,16H,6,17H2,1-5H3. The maximum Gasteiger partial charge on any atom is 0.0323 e. The first-order valence-corrected chi connectivity index (χ1v) is 6.82. The zero-order valence-electron chi connectivity index (χ0n) is 11.9. The van der Waals surface area contributed by atoms with E-state index >= 15 is 0 Å². The summed E-state index contributed by atoms with van der Waals surface area (Å²) in [4.78, 5) is 0. The van der Waals surface area contributed by atoms with Crippen LogP contribution in [0.15, 0.2) is 24.3 Å². The average molecular weight is 233 g/mol. The lowest BCUT2D eigenvalue weighted by molar-refractivity contribution is 0.352. The lowest BCUT2D eigenvalue weighted by Gasteiger charge is -2.24. The van der Waals surface area contributed by atoms with Gasteiger partial charge in [-0.3, -0.25) is 0 Å². The lowest BCUT2D eigenvalue weighted by Crippen LogP contribution is -2.23. The average Bonchev–Trinajstić information content (AvgIpc) is 2.36. The van der Waals surface area contributed by atoms with Crippen LogP contribution in [0.25, 0.3) is 0 Å². The number of benzene rings is 1. The largest absolute Gasteiger partial charge is 0.324 e. The van der Waals surface area contributed by atoms with Crippen molar-refractivity contribution >= 4 is 0 Å². The topological polar surface area (TPSA) is 26.0 Å². The predicted octanol–water partition coefficient (Wildman–Crippen LogP) is 4.49. The molecule has 3 atom stereocenters. The highest BCUT2D eigenvalue weighted by Crippen LogP contribution is 2.27. The van der Waals surface area contributed by atoms with Gasteiger partial charge in [-0.15, -0.1) is 0 Å². The van der Waals surface area contributed by atoms with E-state index in [-0.39, 0.29) is 6.04 Å². The minimum absolute atomic E-state index is 0.154. The molecule has 1 rings (SSSR count). The zero-order chi connectivity index (χ0) is 13.0. The molecule has 0 radical (unpaired) electrons. The Bertz CT molecular complexity index is 326. The van der Waals surface area contributed by atoms with Gasteiger partial charge < -0.3 is 5.73 Å². The maximum absolute atomic E-state index is 6.30. The van der Waals surface area contributed by atoms with Crippen molar-refractivity contribution in [3.05, 3.63) is 35.4 Å². The summed E-state index contributed by atoms with van der Waals surface area (Å²) in [6.45, 7) is 11.2. The van der Waals surface area contributed by atoms with E-state index in [0.717, 1.165) is 0 Å². The smallest absolute Gasteiger partial charge is 0.0323 e. The molecular formula is C16H27N. The summed E-state index contributed by atoms with van der Waals surface area (Å²) in [5, 5.41) is 0. The highest BCUT2D eigenvalue weighted by atomic mass is 14.6. The van der Waals surface area contributed by atoms with E-state index in [1.54, 1.807) is 0 Å². The van der Waals surface area contributed by atoms with Gasteiger partial charge in [0.15, 0.2) is 0 Å². The van der Waals surface area contributed by atoms with Gasteiger partial charge in [-0.2, -0.15) is 0 Å². The Morgan fingerprint density at radius 3 is 1.82 bits per heavy atom. The number of hydrogen-bond acceptors (Lipinski definition) is 1. The van der Waals surface area contributed by atoms with Crippen LogP contribution in [0.4, 0.5) is 0 Å². The molecule has 3 unspecified atom stereocenters. The minimum atomic E-state index is 0.154. The molecule has 0 aliphatic heterocycles. The molecule has 0 amide bonds. The minimum Gasteiger partial charge on any atom is -0.324 e. The van der Waals surface area contributed by atoms with Crippen molar-refractivity contribution in [2.75, 3.05) is 0 Å². The first-order chi connectivity index (χ1) is 7.97. The summed E-state index contributed by atoms with van der Waals surface area (Å²) in [6, 6.07) is 9.02. The van der Waals surface area contributed by atoms with Crippen molar-refractivity contribution in [1.29, 1.82) is 0 Å². The van der Waals surface area contributed by atoms with Gasteiger partial charge in [-0.05, 0) is 35.3 Å². The van der Waals surface area contributed by atoms with Gasteiger partial charge in [0.05, 0.1) is 0 Å². The van der Waals surface area contributed by atoms with Crippen molar-refractivity contribution in [3.63, 3.8) is 0 Å². The van der Waals surface area contributed by atoms with E-state index in [9.17, 15) is 0 Å². The van der Waals surface area contributed by atoms with Crippen molar-refractivity contribution in [3.8, 4) is 0 Å². The highest BCUT2D eigenvalue weighted by Gasteiger charge is 2.18. The van der Waals surface area contributed by atoms with Crippen molar-refractivity contribution in [2.24, 2.45) is 17.6 Å². The molecule has 0 saturated heterocycles. The van der Waals surface area contributed by atoms with Gasteiger partial charge in [0.1, 0.15) is 0 Å². The Balaban J connectivity index is 2.80. The summed E-state index contributed by atoms with van der Waals surface area (Å²) in [5.74, 6) is 1.78. The first-order valence-electron chi connectivity index (χ1n) is 6.82. The second-order valence-corrected chi connectivity index (χ2v) is 5.60. The molecule has 0 aliphatic carbocycles. The van der Waals surface area contributed by atoms with Crippen LogP contribution in [0.5, 0.6) is 0 Å². The van der Waals surface area contributed by atoms with Crippen molar-refractivity contribution in [1.82, 2.24) is 0 Å². The van der Waals surface area contributed by atoms with Crippen LogP contribution in [0.3, 0.4) is 0 Å². The number of hydrogen-bond donors (Lipinski definition) is 1. The fourth-order valence-electron chi connectivity index (χ4n) is 2.00. The quantitative estimate of drug-likeness (QED) is 0.796. The van der Waals surface area contributed by atoms with Gasteiger partial charge >= 0.3 is 0 Å². The monoisotopic (exact) mass is 233 g/mol. The molecule has 2 N–H and O–H groups in total. The van der Waals surface area contributed by atoms with Crippen LogP contribution in [-0.4, -0.2) is 0 Å². The fraction of sp³-hybridized carbons (Fsp3) is 0.625. The maximum atomic E-state index is 6.30. The molecule has 96 valence electrons. The fourth-order valence-corrected chi connectivity index (χ4v) is 2.00. The summed E-state index contributed by atoms with van der Waals surface area (Å²) in [7, 11) is 0. The Hall–Kier alpha value is -0.820. The van der Waals surface area contributed by atoms with Gasteiger partial charge in [0.25, 0.3) is 0 Å². The molecule has 0 aliphatic rings. The predicted molar refractivity (Wildman–Crippen MR) is 76.1 cm³/mol. The Labute approximate surface area is 106 Å². The molecule has 1 aromatic rings. The summed E-state index contributed by atoms with van der Waals surface area (Å²) < 4.78 is 0. The first kappa shape index (κ1) is 14.2. The third-order valence-electron chi connectivity index (χ3n) is 4.12. The number of rotatable bonds is 5. The molecule has 0 aromatic heterocycles. The molecule has 0 spiro atoms. The molecule has 1 heteroatoms. The lowest BCUT2D eigenvalue weighted by atomic mass is 9.86. The summed E-state index contributed by atoms with van der Waals surface area (Å²) >= 11 is 0. The van der Waals surface area contributed by atoms with Crippen molar-refractivity contribution < 1.29 is 0 Å². The Morgan fingerprint density at radius 1 is 0.941 bits per heavy atom. The van der Waals surface area contributed by atoms with Gasteiger partial charge in [0.2, 0.25) is 0 Å². The van der Waals surface area contributed by atoms with Gasteiger partial charge in [-0.1, -0.05) is 58.9 Å². The number of nitrogens with two attached hydrogens (primary N) is 1. The Morgan fingerprint density at radius 2 is 1.41 bits per heavy atom. The third kappa shape index (κ3) is 3.57. The van der Waals surface area contributed by atoms with Crippen LogP contribution >= 0.6 is 0 Å². The van der Waals surface area contributed by atoms with Gasteiger partial charge in [-0.25, -0.2) is 0 Å². The third-order valence-corrected chi connectivity index (χ3v) is 4.12. The van der Waals surface area contributed by atoms with E-state index in [0.29, 0.717) is 17.8 Å². The molecular weight excluding hydrogens is 206 g/mol. The highest BCUT2D eigenvalue weighted by molar-refractivity contribution is 5.27. The molecule has 0 heterocycles. The van der Waals surface area contributed by atoms with Crippen LogP contribution in [-0.2, 0) is 0 Å². The van der Waals surface area contributed by atoms with E-state index in [1.165, 1.54) is 17.5 Å². The van der Waals surface area contributed by atoms with E-state index < -0.39 is 0 Å². The summed E-state index contributed by atoms with van der Waals surface area (Å²) in [6.07, 6.45) is 1.19. The zero-order valence-corrected chi connectivity index (χ0v) is 11.9. The molecule has 0 fully saturated rings. The molecule has 1 aromatic carbocycles. The second-order valence-electron chi connectivity index (χ2n) is 5.60. The van der Waals surface area contributed by atoms with Gasteiger partial charge in [0, 0.05) is 6.04 Å². The molecule has 17 heavy (non-hydrogen) atoms. The summed E-state index contributed by atoms with van der Waals surface area (Å²) in [5.41, 5.74) is 8.98. The van der Waals surface area contributed by atoms with E-state index in [1.807, 2.05) is 0 Å². The Kier molecular flexibility index (Phi) is 5.20. The molecule has 0 saturated carbocycles. The molecule has 0 bridgehead atoms. The van der Waals surface area contributed by atoms with E-state index in [4.69, 9.17) is 5.73 Å². The SMILES string of the molecule is CCC(C)c1ccc(C(N)C(C)C(C)C)cc1. The second kappa shape index (κ2) is 6.20. The van der Waals surface area contributed by atoms with Crippen molar-refractivity contribution in [2.45, 2.75) is 53.0 Å². The van der Waals surface area contributed by atoms with Crippen LogP contribution in [0.1, 0.15) is 64.1 Å².